The van der Waals surface area contributed by atoms with Crippen molar-refractivity contribution < 1.29 is 19.4 Å². The Hall–Kier alpha value is -1.32. The van der Waals surface area contributed by atoms with Crippen molar-refractivity contribution in [3.8, 4) is 0 Å². The molecule has 1 unspecified atom stereocenters. The predicted molar refractivity (Wildman–Crippen MR) is 144 cm³/mol. The van der Waals surface area contributed by atoms with Gasteiger partial charge in [-0.15, -0.1) is 0 Å². The molecule has 1 N–H and O–H groups in total. The molecule has 1 atom stereocenters. The molecule has 0 fully saturated rings. The molecule has 4 nitrogen and oxygen atoms in total. The van der Waals surface area contributed by atoms with Crippen molar-refractivity contribution in [2.24, 2.45) is 5.92 Å². The van der Waals surface area contributed by atoms with Crippen molar-refractivity contribution in [2.45, 2.75) is 155 Å². The predicted octanol–water partition coefficient (Wildman–Crippen LogP) is 9.41. The van der Waals surface area contributed by atoms with E-state index in [9.17, 15) is 9.59 Å². The summed E-state index contributed by atoms with van der Waals surface area (Å²) >= 11 is 0. The van der Waals surface area contributed by atoms with Crippen LogP contribution in [0.5, 0.6) is 0 Å². The number of rotatable bonds is 26. The number of carbonyl (C=O) groups excluding carboxylic acids is 1. The molecule has 0 heterocycles. The Bertz CT molecular complexity index is 486. The summed E-state index contributed by atoms with van der Waals surface area (Å²) < 4.78 is 5.33. The van der Waals surface area contributed by atoms with Crippen molar-refractivity contribution in [1.82, 2.24) is 0 Å². The van der Waals surface area contributed by atoms with Gasteiger partial charge >= 0.3 is 11.9 Å². The molecule has 4 heteroatoms. The molecule has 0 aromatic heterocycles. The SMILES string of the molecule is CCCCCCCCCCCCCCCCC(CCCCCCCC)COC(=O)/C=C\C(=O)O. The first-order chi connectivity index (χ1) is 16.6. The molecular weight excluding hydrogens is 424 g/mol. The Morgan fingerprint density at radius 3 is 1.29 bits per heavy atom. The normalized spacial score (nSPS) is 12.3. The zero-order valence-corrected chi connectivity index (χ0v) is 22.7. The highest BCUT2D eigenvalue weighted by atomic mass is 16.5. The lowest BCUT2D eigenvalue weighted by Crippen LogP contribution is -2.13. The van der Waals surface area contributed by atoms with Crippen molar-refractivity contribution in [3.63, 3.8) is 0 Å². The van der Waals surface area contributed by atoms with Gasteiger partial charge in [-0.05, 0) is 18.8 Å². The monoisotopic (exact) mass is 480 g/mol. The number of aliphatic carboxylic acids is 1. The average molecular weight is 481 g/mol. The second kappa shape index (κ2) is 26.3. The average Bonchev–Trinajstić information content (AvgIpc) is 2.82. The zero-order valence-electron chi connectivity index (χ0n) is 22.7. The lowest BCUT2D eigenvalue weighted by Gasteiger charge is -2.16. The smallest absolute Gasteiger partial charge is 0.331 e. The van der Waals surface area contributed by atoms with Crippen molar-refractivity contribution >= 4 is 11.9 Å². The van der Waals surface area contributed by atoms with Gasteiger partial charge in [0.15, 0.2) is 0 Å². The lowest BCUT2D eigenvalue weighted by molar-refractivity contribution is -0.140. The third-order valence-electron chi connectivity index (χ3n) is 6.76. The molecular formula is C30H56O4. The first kappa shape index (κ1) is 32.7. The van der Waals surface area contributed by atoms with Crippen LogP contribution in [0.15, 0.2) is 12.2 Å². The molecule has 0 aromatic rings. The van der Waals surface area contributed by atoms with Gasteiger partial charge < -0.3 is 9.84 Å². The highest BCUT2D eigenvalue weighted by molar-refractivity contribution is 5.90. The molecule has 0 bridgehead atoms. The van der Waals surface area contributed by atoms with E-state index in [1.807, 2.05) is 0 Å². The number of unbranched alkanes of at least 4 members (excludes halogenated alkanes) is 18. The van der Waals surface area contributed by atoms with Gasteiger partial charge in [0.25, 0.3) is 0 Å². The largest absolute Gasteiger partial charge is 0.478 e. The fourth-order valence-electron chi connectivity index (χ4n) is 4.54. The van der Waals surface area contributed by atoms with Gasteiger partial charge in [0.05, 0.1) is 6.61 Å². The van der Waals surface area contributed by atoms with Crippen LogP contribution in [0, 0.1) is 5.92 Å². The van der Waals surface area contributed by atoms with E-state index in [1.54, 1.807) is 0 Å². The second-order valence-corrected chi connectivity index (χ2v) is 10.1. The van der Waals surface area contributed by atoms with Crippen LogP contribution in [0.1, 0.15) is 155 Å². The number of hydrogen-bond donors (Lipinski definition) is 1. The van der Waals surface area contributed by atoms with Gasteiger partial charge in [0.2, 0.25) is 0 Å². The summed E-state index contributed by atoms with van der Waals surface area (Å²) in [4.78, 5) is 22.3. The van der Waals surface area contributed by atoms with Gasteiger partial charge in [-0.25, -0.2) is 9.59 Å². The Kier molecular flexibility index (Phi) is 25.3. The van der Waals surface area contributed by atoms with E-state index in [2.05, 4.69) is 13.8 Å². The molecule has 0 spiro atoms. The summed E-state index contributed by atoms with van der Waals surface area (Å²) in [5.41, 5.74) is 0. The number of ether oxygens (including phenoxy) is 1. The van der Waals surface area contributed by atoms with Crippen LogP contribution >= 0.6 is 0 Å². The lowest BCUT2D eigenvalue weighted by atomic mass is 9.94. The summed E-state index contributed by atoms with van der Waals surface area (Å²) in [6.07, 6.45) is 30.8. The minimum atomic E-state index is -1.12. The van der Waals surface area contributed by atoms with Crippen molar-refractivity contribution in [2.75, 3.05) is 6.61 Å². The molecule has 0 radical (unpaired) electrons. The summed E-state index contributed by atoms with van der Waals surface area (Å²) in [7, 11) is 0. The number of carboxylic acid groups (broad SMARTS) is 1. The second-order valence-electron chi connectivity index (χ2n) is 10.1. The molecule has 0 aliphatic heterocycles. The van der Waals surface area contributed by atoms with Crippen LogP contribution in [0.25, 0.3) is 0 Å². The number of hydrogen-bond acceptors (Lipinski definition) is 3. The van der Waals surface area contributed by atoms with E-state index < -0.39 is 11.9 Å². The van der Waals surface area contributed by atoms with Crippen molar-refractivity contribution in [3.05, 3.63) is 12.2 Å². The number of carboxylic acids is 1. The standard InChI is InChI=1S/C30H56O4/c1-3-5-7-9-11-12-13-14-15-16-17-18-20-22-24-28(23-21-19-10-8-6-4-2)27-34-30(33)26-25-29(31)32/h25-26,28H,3-24,27H2,1-2H3,(H,31,32)/b26-25-. The molecule has 0 aliphatic rings. The molecule has 0 amide bonds. The fourth-order valence-corrected chi connectivity index (χ4v) is 4.54. The van der Waals surface area contributed by atoms with Crippen LogP contribution < -0.4 is 0 Å². The topological polar surface area (TPSA) is 63.6 Å². The van der Waals surface area contributed by atoms with E-state index in [0.29, 0.717) is 12.5 Å². The van der Waals surface area contributed by atoms with Crippen LogP contribution in [0.2, 0.25) is 0 Å². The number of carbonyl (C=O) groups is 2. The quantitative estimate of drug-likeness (QED) is 0.0760. The zero-order chi connectivity index (χ0) is 25.1. The molecule has 0 aromatic carbocycles. The number of esters is 1. The van der Waals surface area contributed by atoms with Crippen LogP contribution in [-0.2, 0) is 14.3 Å². The van der Waals surface area contributed by atoms with E-state index >= 15 is 0 Å². The first-order valence-electron chi connectivity index (χ1n) is 14.7. The van der Waals surface area contributed by atoms with E-state index in [4.69, 9.17) is 9.84 Å². The van der Waals surface area contributed by atoms with Gasteiger partial charge in [0.1, 0.15) is 0 Å². The van der Waals surface area contributed by atoms with E-state index in [0.717, 1.165) is 25.0 Å². The van der Waals surface area contributed by atoms with Gasteiger partial charge in [0, 0.05) is 12.2 Å². The Morgan fingerprint density at radius 1 is 0.588 bits per heavy atom. The molecule has 0 aliphatic carbocycles. The fraction of sp³-hybridized carbons (Fsp3) is 0.867. The Balaban J connectivity index is 3.88. The maximum atomic E-state index is 11.7. The van der Waals surface area contributed by atoms with E-state index in [-0.39, 0.29) is 0 Å². The highest BCUT2D eigenvalue weighted by Gasteiger charge is 2.11. The molecule has 200 valence electrons. The molecule has 34 heavy (non-hydrogen) atoms. The summed E-state index contributed by atoms with van der Waals surface area (Å²) in [6.45, 7) is 4.92. The summed E-state index contributed by atoms with van der Waals surface area (Å²) in [5, 5.41) is 8.64. The third-order valence-corrected chi connectivity index (χ3v) is 6.76. The van der Waals surface area contributed by atoms with Crippen LogP contribution in [0.3, 0.4) is 0 Å². The van der Waals surface area contributed by atoms with Crippen LogP contribution in [-0.4, -0.2) is 23.7 Å². The molecule has 0 rings (SSSR count). The Morgan fingerprint density at radius 2 is 0.941 bits per heavy atom. The minimum absolute atomic E-state index is 0.394. The first-order valence-corrected chi connectivity index (χ1v) is 14.7. The van der Waals surface area contributed by atoms with Gasteiger partial charge in [-0.3, -0.25) is 0 Å². The molecule has 0 saturated carbocycles. The summed E-state index contributed by atoms with van der Waals surface area (Å²) in [5.74, 6) is -1.27. The summed E-state index contributed by atoms with van der Waals surface area (Å²) in [6, 6.07) is 0. The highest BCUT2D eigenvalue weighted by Crippen LogP contribution is 2.20. The maximum Gasteiger partial charge on any atom is 0.331 e. The molecule has 0 saturated heterocycles. The van der Waals surface area contributed by atoms with E-state index in [1.165, 1.54) is 128 Å². The minimum Gasteiger partial charge on any atom is -0.478 e. The van der Waals surface area contributed by atoms with Crippen molar-refractivity contribution in [1.29, 1.82) is 0 Å². The Labute approximate surface area is 211 Å². The maximum absolute atomic E-state index is 11.7. The van der Waals surface area contributed by atoms with Crippen LogP contribution in [0.4, 0.5) is 0 Å². The van der Waals surface area contributed by atoms with Gasteiger partial charge in [-0.1, -0.05) is 142 Å². The third kappa shape index (κ3) is 25.3. The van der Waals surface area contributed by atoms with Gasteiger partial charge in [-0.2, -0.15) is 0 Å².